The van der Waals surface area contributed by atoms with Crippen LogP contribution in [0.4, 0.5) is 11.4 Å². The molecule has 0 radical (unpaired) electrons. The number of aliphatic hydroxyl groups excluding tert-OH is 1. The van der Waals surface area contributed by atoms with Crippen molar-refractivity contribution in [3.63, 3.8) is 0 Å². The van der Waals surface area contributed by atoms with Gasteiger partial charge in [-0.15, -0.1) is 0 Å². The van der Waals surface area contributed by atoms with Crippen molar-refractivity contribution in [3.8, 4) is 0 Å². The number of amides is 1. The maximum atomic E-state index is 12.2. The largest absolute Gasteiger partial charge is 0.395 e. The van der Waals surface area contributed by atoms with Crippen molar-refractivity contribution in [2.45, 2.75) is 44.9 Å². The summed E-state index contributed by atoms with van der Waals surface area (Å²) >= 11 is 0. The predicted molar refractivity (Wildman–Crippen MR) is 99.0 cm³/mol. The Morgan fingerprint density at radius 3 is 2.44 bits per heavy atom. The van der Waals surface area contributed by atoms with Gasteiger partial charge in [-0.3, -0.25) is 9.69 Å². The number of nitrogens with zero attached hydrogens (tertiary/aromatic N) is 2. The molecule has 6 heteroatoms. The molecule has 6 nitrogen and oxygen atoms in total. The molecule has 1 aromatic carbocycles. The van der Waals surface area contributed by atoms with E-state index >= 15 is 0 Å². The number of rotatable bonds is 7. The second-order valence-electron chi connectivity index (χ2n) is 7.18. The van der Waals surface area contributed by atoms with Gasteiger partial charge in [0.1, 0.15) is 0 Å². The summed E-state index contributed by atoms with van der Waals surface area (Å²) in [6.45, 7) is 6.94. The number of carbonyl (C=O) groups is 1. The van der Waals surface area contributed by atoms with Gasteiger partial charge in [0.25, 0.3) is 0 Å². The average molecular weight is 347 g/mol. The van der Waals surface area contributed by atoms with E-state index in [1.165, 1.54) is 0 Å². The van der Waals surface area contributed by atoms with Gasteiger partial charge in [0.05, 0.1) is 25.4 Å². The van der Waals surface area contributed by atoms with Gasteiger partial charge in [0, 0.05) is 37.1 Å². The number of aliphatic hydroxyl groups is 1. The van der Waals surface area contributed by atoms with Gasteiger partial charge in [-0.05, 0) is 51.0 Å². The predicted octanol–water partition coefficient (Wildman–Crippen LogP) is 1.70. The fourth-order valence-corrected chi connectivity index (χ4v) is 3.49. The summed E-state index contributed by atoms with van der Waals surface area (Å²) in [5, 5.41) is 12.1. The van der Waals surface area contributed by atoms with Crippen LogP contribution in [0.1, 0.15) is 26.7 Å². The molecule has 1 aromatic rings. The van der Waals surface area contributed by atoms with E-state index in [4.69, 9.17) is 9.84 Å². The van der Waals surface area contributed by atoms with E-state index in [1.54, 1.807) is 0 Å². The Hall–Kier alpha value is -1.63. The van der Waals surface area contributed by atoms with E-state index in [1.807, 2.05) is 24.3 Å². The number of benzene rings is 1. The highest BCUT2D eigenvalue weighted by Gasteiger charge is 2.29. The van der Waals surface area contributed by atoms with Crippen LogP contribution in [-0.4, -0.2) is 66.9 Å². The maximum Gasteiger partial charge on any atom is 0.238 e. The highest BCUT2D eigenvalue weighted by Crippen LogP contribution is 2.26. The fraction of sp³-hybridized carbons (Fsp3) is 0.632. The Bertz CT molecular complexity index is 564. The van der Waals surface area contributed by atoms with E-state index in [-0.39, 0.29) is 24.7 Å². The fourth-order valence-electron chi connectivity index (χ4n) is 3.49. The molecular weight excluding hydrogens is 318 g/mol. The molecule has 1 saturated heterocycles. The highest BCUT2D eigenvalue weighted by molar-refractivity contribution is 5.92. The zero-order chi connectivity index (χ0) is 17.8. The molecule has 25 heavy (non-hydrogen) atoms. The zero-order valence-corrected chi connectivity index (χ0v) is 15.1. The summed E-state index contributed by atoms with van der Waals surface area (Å²) in [4.78, 5) is 16.6. The summed E-state index contributed by atoms with van der Waals surface area (Å²) in [6, 6.07) is 8.46. The lowest BCUT2D eigenvalue weighted by Gasteiger charge is -2.36. The standard InChI is InChI=1S/C19H29N3O3/c1-14-11-22(12-15(2)25-14)18-5-3-16(4-6-18)20-19(24)13-21(9-10-23)17-7-8-17/h3-6,14-15,17,23H,7-13H2,1-2H3,(H,20,24)/t14-,15+. The SMILES string of the molecule is C[C@@H]1CN(c2ccc(NC(=O)CN(CCO)C3CC3)cc2)C[C@H](C)O1. The Labute approximate surface area is 149 Å². The van der Waals surface area contributed by atoms with Crippen molar-refractivity contribution in [2.75, 3.05) is 43.0 Å². The first-order valence-electron chi connectivity index (χ1n) is 9.20. The molecule has 138 valence electrons. The molecule has 2 fully saturated rings. The number of hydrogen-bond donors (Lipinski definition) is 2. The number of carbonyl (C=O) groups excluding carboxylic acids is 1. The lowest BCUT2D eigenvalue weighted by Crippen LogP contribution is -2.45. The number of morpholine rings is 1. The molecule has 0 aromatic heterocycles. The van der Waals surface area contributed by atoms with Crippen LogP contribution in [0.25, 0.3) is 0 Å². The molecule has 1 heterocycles. The van der Waals surface area contributed by atoms with Crippen LogP contribution in [0, 0.1) is 0 Å². The summed E-state index contributed by atoms with van der Waals surface area (Å²) in [5.41, 5.74) is 1.96. The molecule has 1 amide bonds. The molecule has 3 rings (SSSR count). The maximum absolute atomic E-state index is 12.2. The van der Waals surface area contributed by atoms with E-state index in [2.05, 4.69) is 29.0 Å². The Morgan fingerprint density at radius 2 is 1.88 bits per heavy atom. The first kappa shape index (κ1) is 18.2. The number of nitrogens with one attached hydrogen (secondary N) is 1. The van der Waals surface area contributed by atoms with Gasteiger partial charge >= 0.3 is 0 Å². The van der Waals surface area contributed by atoms with Crippen molar-refractivity contribution in [2.24, 2.45) is 0 Å². The second kappa shape index (κ2) is 8.17. The van der Waals surface area contributed by atoms with Gasteiger partial charge in [0.15, 0.2) is 0 Å². The van der Waals surface area contributed by atoms with E-state index in [9.17, 15) is 4.79 Å². The number of anilines is 2. The topological polar surface area (TPSA) is 65.0 Å². The molecule has 0 bridgehead atoms. The second-order valence-corrected chi connectivity index (χ2v) is 7.18. The molecule has 0 spiro atoms. The van der Waals surface area contributed by atoms with Crippen LogP contribution in [-0.2, 0) is 9.53 Å². The number of ether oxygens (including phenoxy) is 1. The molecular formula is C19H29N3O3. The minimum absolute atomic E-state index is 0.0262. The van der Waals surface area contributed by atoms with Crippen LogP contribution < -0.4 is 10.2 Å². The van der Waals surface area contributed by atoms with Gasteiger partial charge in [-0.2, -0.15) is 0 Å². The molecule has 2 aliphatic rings. The summed E-state index contributed by atoms with van der Waals surface area (Å²) in [6.07, 6.45) is 2.70. The average Bonchev–Trinajstić information content (AvgIpc) is 3.39. The van der Waals surface area contributed by atoms with E-state index in [0.29, 0.717) is 19.1 Å². The van der Waals surface area contributed by atoms with Gasteiger partial charge in [-0.1, -0.05) is 0 Å². The smallest absolute Gasteiger partial charge is 0.238 e. The van der Waals surface area contributed by atoms with Crippen LogP contribution >= 0.6 is 0 Å². The monoisotopic (exact) mass is 347 g/mol. The molecule has 1 saturated carbocycles. The van der Waals surface area contributed by atoms with Gasteiger partial charge < -0.3 is 20.1 Å². The molecule has 2 N–H and O–H groups in total. The minimum atomic E-state index is -0.0262. The Morgan fingerprint density at radius 1 is 1.24 bits per heavy atom. The third-order valence-electron chi connectivity index (χ3n) is 4.73. The van der Waals surface area contributed by atoms with Crippen LogP contribution in [0.3, 0.4) is 0 Å². The lowest BCUT2D eigenvalue weighted by atomic mass is 10.2. The van der Waals surface area contributed by atoms with Gasteiger partial charge in [-0.25, -0.2) is 0 Å². The van der Waals surface area contributed by atoms with Crippen molar-refractivity contribution >= 4 is 17.3 Å². The van der Waals surface area contributed by atoms with Crippen molar-refractivity contribution in [1.29, 1.82) is 0 Å². The Kier molecular flexibility index (Phi) is 5.93. The summed E-state index contributed by atoms with van der Waals surface area (Å²) in [7, 11) is 0. The molecule has 0 unspecified atom stereocenters. The van der Waals surface area contributed by atoms with Gasteiger partial charge in [0.2, 0.25) is 5.91 Å². The van der Waals surface area contributed by atoms with E-state index in [0.717, 1.165) is 37.3 Å². The quantitative estimate of drug-likeness (QED) is 0.786. The third kappa shape index (κ3) is 5.17. The zero-order valence-electron chi connectivity index (χ0n) is 15.1. The van der Waals surface area contributed by atoms with Crippen molar-refractivity contribution in [1.82, 2.24) is 4.90 Å². The molecule has 1 aliphatic carbocycles. The lowest BCUT2D eigenvalue weighted by molar-refractivity contribution is -0.117. The summed E-state index contributed by atoms with van der Waals surface area (Å²) < 4.78 is 5.77. The van der Waals surface area contributed by atoms with Crippen LogP contribution in [0.2, 0.25) is 0 Å². The van der Waals surface area contributed by atoms with E-state index < -0.39 is 0 Å². The van der Waals surface area contributed by atoms with Crippen LogP contribution in [0.5, 0.6) is 0 Å². The van der Waals surface area contributed by atoms with Crippen molar-refractivity contribution < 1.29 is 14.6 Å². The molecule has 2 atom stereocenters. The first-order valence-corrected chi connectivity index (χ1v) is 9.20. The van der Waals surface area contributed by atoms with Crippen molar-refractivity contribution in [3.05, 3.63) is 24.3 Å². The number of hydrogen-bond acceptors (Lipinski definition) is 5. The molecule has 1 aliphatic heterocycles. The normalized spacial score (nSPS) is 23.8. The minimum Gasteiger partial charge on any atom is -0.395 e. The highest BCUT2D eigenvalue weighted by atomic mass is 16.5. The Balaban J connectivity index is 1.54. The first-order chi connectivity index (χ1) is 12.0. The third-order valence-corrected chi connectivity index (χ3v) is 4.73. The summed E-state index contributed by atoms with van der Waals surface area (Å²) in [5.74, 6) is -0.0262. The van der Waals surface area contributed by atoms with Crippen LogP contribution in [0.15, 0.2) is 24.3 Å².